The number of ether oxygens (including phenoxy) is 2. The van der Waals surface area contributed by atoms with Gasteiger partial charge in [-0.25, -0.2) is 18.2 Å². The maximum Gasteiger partial charge on any atom is 0.258 e. The molecule has 2 aromatic carbocycles. The van der Waals surface area contributed by atoms with Crippen molar-refractivity contribution in [3.8, 4) is 17.2 Å². The number of nitrogens with zero attached hydrogens (tertiary/aromatic N) is 2. The number of alkyl halides is 1. The number of benzene rings is 2. The van der Waals surface area contributed by atoms with E-state index in [4.69, 9.17) is 9.47 Å². The molecule has 2 heterocycles. The summed E-state index contributed by atoms with van der Waals surface area (Å²) >= 11 is 0. The quantitative estimate of drug-likeness (QED) is 0.259. The number of rotatable bonds is 8. The first-order chi connectivity index (χ1) is 16.5. The number of hydrogen-bond donors (Lipinski definition) is 1. The molecule has 0 radical (unpaired) electrons. The van der Waals surface area contributed by atoms with Crippen LogP contribution in [-0.2, 0) is 0 Å². The summed E-state index contributed by atoms with van der Waals surface area (Å²) in [6, 6.07) is 9.84. The standard InChI is InChI=1S/C24H17F4N3O3/c25-7-3-9-33-15-12-20-22(30-13-15)21(6-8-29-20)34-23-18(27)10-14(11-19(23)28)31-24(32)16-4-1-2-5-17(16)26/h1-2,4-6,8,10-13H,3,7,9H2,(H,31,32). The first-order valence-electron chi connectivity index (χ1n) is 10.1. The monoisotopic (exact) mass is 471 g/mol. The number of fused-ring (bicyclic) bond motifs is 1. The normalized spacial score (nSPS) is 10.8. The maximum atomic E-state index is 14.7. The zero-order valence-electron chi connectivity index (χ0n) is 17.5. The van der Waals surface area contributed by atoms with Gasteiger partial charge in [0.15, 0.2) is 23.1 Å². The van der Waals surface area contributed by atoms with Gasteiger partial charge < -0.3 is 14.8 Å². The van der Waals surface area contributed by atoms with Crippen LogP contribution in [0.15, 0.2) is 60.9 Å². The molecule has 6 nitrogen and oxygen atoms in total. The highest BCUT2D eigenvalue weighted by Crippen LogP contribution is 2.33. The van der Waals surface area contributed by atoms with Gasteiger partial charge in [-0.2, -0.15) is 0 Å². The van der Waals surface area contributed by atoms with E-state index in [1.54, 1.807) is 6.07 Å². The Kier molecular flexibility index (Phi) is 6.86. The molecule has 4 aromatic rings. The molecular weight excluding hydrogens is 454 g/mol. The average molecular weight is 471 g/mol. The van der Waals surface area contributed by atoms with Gasteiger partial charge in [0.2, 0.25) is 0 Å². The fourth-order valence-electron chi connectivity index (χ4n) is 3.08. The second kappa shape index (κ2) is 10.2. The van der Waals surface area contributed by atoms with Crippen molar-refractivity contribution in [3.63, 3.8) is 0 Å². The van der Waals surface area contributed by atoms with Crippen molar-refractivity contribution in [2.45, 2.75) is 6.42 Å². The molecule has 1 amide bonds. The lowest BCUT2D eigenvalue weighted by atomic mass is 10.2. The Morgan fingerprint density at radius 3 is 2.47 bits per heavy atom. The Bertz CT molecular complexity index is 1330. The van der Waals surface area contributed by atoms with Crippen molar-refractivity contribution in [2.24, 2.45) is 0 Å². The Hall–Kier alpha value is -4.21. The predicted molar refractivity (Wildman–Crippen MR) is 116 cm³/mol. The van der Waals surface area contributed by atoms with Crippen LogP contribution in [-0.4, -0.2) is 29.2 Å². The van der Waals surface area contributed by atoms with Gasteiger partial charge in [0.1, 0.15) is 17.1 Å². The lowest BCUT2D eigenvalue weighted by Gasteiger charge is -2.12. The van der Waals surface area contributed by atoms with E-state index in [1.165, 1.54) is 36.7 Å². The van der Waals surface area contributed by atoms with E-state index < -0.39 is 35.8 Å². The summed E-state index contributed by atoms with van der Waals surface area (Å²) in [7, 11) is 0. The van der Waals surface area contributed by atoms with E-state index in [2.05, 4.69) is 15.3 Å². The largest absolute Gasteiger partial charge is 0.492 e. The van der Waals surface area contributed by atoms with E-state index >= 15 is 0 Å². The minimum absolute atomic E-state index is 0.0289. The number of amides is 1. The number of halogens is 4. The van der Waals surface area contributed by atoms with Crippen molar-refractivity contribution in [2.75, 3.05) is 18.6 Å². The van der Waals surface area contributed by atoms with Gasteiger partial charge >= 0.3 is 0 Å². The van der Waals surface area contributed by atoms with E-state index in [-0.39, 0.29) is 35.5 Å². The predicted octanol–water partition coefficient (Wildman–Crippen LogP) is 5.83. The Balaban J connectivity index is 1.56. The van der Waals surface area contributed by atoms with E-state index in [0.717, 1.165) is 18.2 Å². The molecule has 0 unspecified atom stereocenters. The summed E-state index contributed by atoms with van der Waals surface area (Å²) in [4.78, 5) is 20.5. The SMILES string of the molecule is O=C(Nc1cc(F)c(Oc2ccnc3cc(OCCCF)cnc23)c(F)c1)c1ccccc1F. The molecule has 10 heteroatoms. The van der Waals surface area contributed by atoms with Crippen LogP contribution < -0.4 is 14.8 Å². The summed E-state index contributed by atoms with van der Waals surface area (Å²) in [5, 5.41) is 2.25. The van der Waals surface area contributed by atoms with Crippen molar-refractivity contribution in [1.29, 1.82) is 0 Å². The van der Waals surface area contributed by atoms with Crippen molar-refractivity contribution in [1.82, 2.24) is 9.97 Å². The second-order valence-corrected chi connectivity index (χ2v) is 7.04. The third-order valence-corrected chi connectivity index (χ3v) is 4.65. The fraction of sp³-hybridized carbons (Fsp3) is 0.125. The first-order valence-corrected chi connectivity index (χ1v) is 10.1. The lowest BCUT2D eigenvalue weighted by molar-refractivity contribution is 0.102. The smallest absolute Gasteiger partial charge is 0.258 e. The van der Waals surface area contributed by atoms with Crippen LogP contribution in [0.1, 0.15) is 16.8 Å². The van der Waals surface area contributed by atoms with E-state index in [1.807, 2.05) is 0 Å². The average Bonchev–Trinajstić information content (AvgIpc) is 2.81. The van der Waals surface area contributed by atoms with Crippen molar-refractivity contribution in [3.05, 3.63) is 83.9 Å². The van der Waals surface area contributed by atoms with Crippen LogP contribution >= 0.6 is 0 Å². The topological polar surface area (TPSA) is 73.3 Å². The van der Waals surface area contributed by atoms with Gasteiger partial charge in [-0.15, -0.1) is 0 Å². The molecule has 0 saturated heterocycles. The summed E-state index contributed by atoms with van der Waals surface area (Å²) in [5.74, 6) is -4.16. The highest BCUT2D eigenvalue weighted by molar-refractivity contribution is 6.04. The zero-order chi connectivity index (χ0) is 24.1. The van der Waals surface area contributed by atoms with Crippen molar-refractivity contribution < 1.29 is 31.8 Å². The molecule has 0 bridgehead atoms. The van der Waals surface area contributed by atoms with Gasteiger partial charge in [-0.05, 0) is 12.1 Å². The fourth-order valence-corrected chi connectivity index (χ4v) is 3.08. The first kappa shape index (κ1) is 23.0. The van der Waals surface area contributed by atoms with Crippen molar-refractivity contribution >= 4 is 22.6 Å². The minimum atomic E-state index is -1.10. The molecule has 0 spiro atoms. The van der Waals surface area contributed by atoms with Crippen LogP contribution in [0.25, 0.3) is 11.0 Å². The zero-order valence-corrected chi connectivity index (χ0v) is 17.5. The van der Waals surface area contributed by atoms with Crippen LogP contribution in [0.4, 0.5) is 23.2 Å². The number of hydrogen-bond acceptors (Lipinski definition) is 5. The molecule has 0 aliphatic rings. The number of anilines is 1. The molecule has 0 atom stereocenters. The summed E-state index contributed by atoms with van der Waals surface area (Å²) in [6.07, 6.45) is 2.95. The molecule has 0 aliphatic carbocycles. The van der Waals surface area contributed by atoms with Crippen LogP contribution in [0.2, 0.25) is 0 Å². The summed E-state index contributed by atoms with van der Waals surface area (Å²) in [6.45, 7) is -0.351. The van der Waals surface area contributed by atoms with Crippen LogP contribution in [0.3, 0.4) is 0 Å². The Labute approximate surface area is 191 Å². The minimum Gasteiger partial charge on any atom is -0.492 e. The van der Waals surface area contributed by atoms with Gasteiger partial charge in [-0.3, -0.25) is 14.2 Å². The maximum absolute atomic E-state index is 14.7. The number of carbonyl (C=O) groups is 1. The second-order valence-electron chi connectivity index (χ2n) is 7.04. The lowest BCUT2D eigenvalue weighted by Crippen LogP contribution is -2.14. The molecule has 34 heavy (non-hydrogen) atoms. The van der Waals surface area contributed by atoms with E-state index in [0.29, 0.717) is 11.3 Å². The number of carbonyl (C=O) groups excluding carboxylic acids is 1. The molecule has 1 N–H and O–H groups in total. The van der Waals surface area contributed by atoms with Gasteiger partial charge in [0.25, 0.3) is 5.91 Å². The molecule has 0 aliphatic heterocycles. The highest BCUT2D eigenvalue weighted by Gasteiger charge is 2.18. The Morgan fingerprint density at radius 1 is 0.971 bits per heavy atom. The number of aromatic nitrogens is 2. The molecule has 2 aromatic heterocycles. The van der Waals surface area contributed by atoms with Crippen LogP contribution in [0.5, 0.6) is 17.2 Å². The summed E-state index contributed by atoms with van der Waals surface area (Å²) in [5.41, 5.74) is 0.0651. The molecular formula is C24H17F4N3O3. The molecule has 174 valence electrons. The molecule has 0 saturated carbocycles. The third-order valence-electron chi connectivity index (χ3n) is 4.65. The summed E-state index contributed by atoms with van der Waals surface area (Å²) < 4.78 is 66.2. The van der Waals surface area contributed by atoms with Crippen LogP contribution in [0, 0.1) is 17.5 Å². The van der Waals surface area contributed by atoms with E-state index in [9.17, 15) is 22.4 Å². The highest BCUT2D eigenvalue weighted by atomic mass is 19.1. The van der Waals surface area contributed by atoms with Gasteiger partial charge in [-0.1, -0.05) is 12.1 Å². The van der Waals surface area contributed by atoms with Gasteiger partial charge in [0.05, 0.1) is 30.6 Å². The number of nitrogens with one attached hydrogen (secondary N) is 1. The number of pyridine rings is 2. The molecule has 0 fully saturated rings. The Morgan fingerprint density at radius 2 is 1.74 bits per heavy atom. The van der Waals surface area contributed by atoms with Gasteiger partial charge in [0, 0.05) is 42.6 Å². The molecule has 4 rings (SSSR count). The third kappa shape index (κ3) is 5.06.